The Morgan fingerprint density at radius 2 is 1.94 bits per heavy atom. The molecule has 1 aliphatic rings. The number of hydrogen-bond donors (Lipinski definition) is 1. The summed E-state index contributed by atoms with van der Waals surface area (Å²) >= 11 is 0. The van der Waals surface area contributed by atoms with Crippen molar-refractivity contribution in [2.75, 3.05) is 0 Å². The maximum Gasteiger partial charge on any atom is 0.149 e. The Hall–Kier alpha value is -1.15. The lowest BCUT2D eigenvalue weighted by Crippen LogP contribution is -2.43. The Morgan fingerprint density at radius 3 is 2.50 bits per heavy atom. The Labute approximate surface area is 96.8 Å². The zero-order valence-electron chi connectivity index (χ0n) is 9.99. The van der Waals surface area contributed by atoms with E-state index in [9.17, 15) is 4.79 Å². The summed E-state index contributed by atoms with van der Waals surface area (Å²) in [6.07, 6.45) is 2.31. The number of carbonyl (C=O) groups is 1. The Bertz CT molecular complexity index is 396. The van der Waals surface area contributed by atoms with Gasteiger partial charge < -0.3 is 5.73 Å². The lowest BCUT2D eigenvalue weighted by molar-refractivity contribution is -0.122. The first-order chi connectivity index (χ1) is 7.51. The van der Waals surface area contributed by atoms with Gasteiger partial charge in [0.05, 0.1) is 6.04 Å². The fourth-order valence-corrected chi connectivity index (χ4v) is 2.50. The van der Waals surface area contributed by atoms with Gasteiger partial charge in [-0.1, -0.05) is 36.8 Å². The number of carbonyl (C=O) groups excluding carboxylic acids is 1. The maximum absolute atomic E-state index is 11.4. The highest BCUT2D eigenvalue weighted by atomic mass is 16.1. The van der Waals surface area contributed by atoms with Crippen LogP contribution in [-0.4, -0.2) is 11.8 Å². The molecule has 1 aliphatic carbocycles. The molecule has 0 aromatic heterocycles. The first kappa shape index (κ1) is 11.3. The van der Waals surface area contributed by atoms with Gasteiger partial charge in [0, 0.05) is 6.42 Å². The van der Waals surface area contributed by atoms with Crippen LogP contribution in [0.3, 0.4) is 0 Å². The van der Waals surface area contributed by atoms with Crippen molar-refractivity contribution in [1.29, 1.82) is 0 Å². The first-order valence-corrected chi connectivity index (χ1v) is 5.87. The molecule has 0 heterocycles. The summed E-state index contributed by atoms with van der Waals surface area (Å²) in [7, 11) is 0. The van der Waals surface area contributed by atoms with E-state index in [1.807, 2.05) is 0 Å². The van der Waals surface area contributed by atoms with E-state index in [-0.39, 0.29) is 17.2 Å². The van der Waals surface area contributed by atoms with Crippen molar-refractivity contribution in [1.82, 2.24) is 0 Å². The molecular weight excluding hydrogens is 198 g/mol. The van der Waals surface area contributed by atoms with E-state index in [0.717, 1.165) is 12.8 Å². The topological polar surface area (TPSA) is 43.1 Å². The second kappa shape index (κ2) is 4.02. The second-order valence-corrected chi connectivity index (χ2v) is 5.20. The molecular formula is C14H19NO. The minimum Gasteiger partial charge on any atom is -0.321 e. The molecule has 1 aromatic rings. The SMILES string of the molecule is Cc1ccc(C2(C)CCC(=O)C(N)C2)cc1. The van der Waals surface area contributed by atoms with Gasteiger partial charge in [0.15, 0.2) is 0 Å². The fraction of sp³-hybridized carbons (Fsp3) is 0.500. The van der Waals surface area contributed by atoms with Crippen LogP contribution in [0.1, 0.15) is 37.3 Å². The van der Waals surface area contributed by atoms with Gasteiger partial charge in [-0.15, -0.1) is 0 Å². The summed E-state index contributed by atoms with van der Waals surface area (Å²) < 4.78 is 0. The minimum absolute atomic E-state index is 0.0705. The molecule has 2 atom stereocenters. The molecule has 0 spiro atoms. The molecule has 0 aliphatic heterocycles. The second-order valence-electron chi connectivity index (χ2n) is 5.20. The highest BCUT2D eigenvalue weighted by Gasteiger charge is 2.36. The molecule has 0 saturated heterocycles. The van der Waals surface area contributed by atoms with E-state index in [4.69, 9.17) is 5.73 Å². The summed E-state index contributed by atoms with van der Waals surface area (Å²) in [6.45, 7) is 4.30. The normalized spacial score (nSPS) is 30.4. The van der Waals surface area contributed by atoms with Crippen LogP contribution in [-0.2, 0) is 10.2 Å². The van der Waals surface area contributed by atoms with Crippen molar-refractivity contribution in [3.63, 3.8) is 0 Å². The number of hydrogen-bond acceptors (Lipinski definition) is 2. The molecule has 0 bridgehead atoms. The van der Waals surface area contributed by atoms with Crippen LogP contribution in [0.25, 0.3) is 0 Å². The number of rotatable bonds is 1. The minimum atomic E-state index is -0.278. The molecule has 2 N–H and O–H groups in total. The predicted octanol–water partition coefficient (Wildman–Crippen LogP) is 2.33. The van der Waals surface area contributed by atoms with E-state index < -0.39 is 0 Å². The van der Waals surface area contributed by atoms with Gasteiger partial charge in [-0.05, 0) is 30.7 Å². The van der Waals surface area contributed by atoms with Gasteiger partial charge in [-0.3, -0.25) is 4.79 Å². The van der Waals surface area contributed by atoms with E-state index >= 15 is 0 Å². The third-order valence-corrected chi connectivity index (χ3v) is 3.76. The summed E-state index contributed by atoms with van der Waals surface area (Å²) in [5.41, 5.74) is 8.52. The Morgan fingerprint density at radius 1 is 1.31 bits per heavy atom. The number of benzene rings is 1. The molecule has 0 radical (unpaired) electrons. The van der Waals surface area contributed by atoms with Gasteiger partial charge in [0.2, 0.25) is 0 Å². The third kappa shape index (κ3) is 2.03. The predicted molar refractivity (Wildman–Crippen MR) is 65.4 cm³/mol. The van der Waals surface area contributed by atoms with E-state index in [1.54, 1.807) is 0 Å². The molecule has 2 heteroatoms. The van der Waals surface area contributed by atoms with Crippen LogP contribution < -0.4 is 5.73 Å². The number of ketones is 1. The molecule has 86 valence electrons. The van der Waals surface area contributed by atoms with Crippen LogP contribution in [0.5, 0.6) is 0 Å². The van der Waals surface area contributed by atoms with Crippen LogP contribution >= 0.6 is 0 Å². The summed E-state index contributed by atoms with van der Waals surface area (Å²) in [4.78, 5) is 11.4. The largest absolute Gasteiger partial charge is 0.321 e. The lowest BCUT2D eigenvalue weighted by Gasteiger charge is -2.36. The molecule has 16 heavy (non-hydrogen) atoms. The smallest absolute Gasteiger partial charge is 0.149 e. The van der Waals surface area contributed by atoms with Crippen molar-refractivity contribution in [3.05, 3.63) is 35.4 Å². The summed E-state index contributed by atoms with van der Waals surface area (Å²) in [5, 5.41) is 0. The lowest BCUT2D eigenvalue weighted by atomic mass is 9.69. The highest BCUT2D eigenvalue weighted by Crippen LogP contribution is 2.37. The Kier molecular flexibility index (Phi) is 2.85. The van der Waals surface area contributed by atoms with Crippen LogP contribution in [0, 0.1) is 6.92 Å². The third-order valence-electron chi connectivity index (χ3n) is 3.76. The number of nitrogens with two attached hydrogens (primary N) is 1. The molecule has 1 aromatic carbocycles. The highest BCUT2D eigenvalue weighted by molar-refractivity contribution is 5.85. The standard InChI is InChI=1S/C14H19NO/c1-10-3-5-11(6-4-10)14(2)8-7-13(16)12(15)9-14/h3-6,12H,7-9,15H2,1-2H3. The zero-order valence-corrected chi connectivity index (χ0v) is 9.99. The maximum atomic E-state index is 11.4. The summed E-state index contributed by atoms with van der Waals surface area (Å²) in [6, 6.07) is 8.31. The van der Waals surface area contributed by atoms with Crippen LogP contribution in [0.2, 0.25) is 0 Å². The van der Waals surface area contributed by atoms with Gasteiger partial charge in [-0.25, -0.2) is 0 Å². The van der Waals surface area contributed by atoms with Crippen molar-refractivity contribution >= 4 is 5.78 Å². The van der Waals surface area contributed by atoms with Crippen molar-refractivity contribution in [2.45, 2.75) is 44.6 Å². The first-order valence-electron chi connectivity index (χ1n) is 5.87. The fourth-order valence-electron chi connectivity index (χ4n) is 2.50. The van der Waals surface area contributed by atoms with Crippen LogP contribution in [0.4, 0.5) is 0 Å². The molecule has 1 saturated carbocycles. The quantitative estimate of drug-likeness (QED) is 0.784. The molecule has 1 fully saturated rings. The van der Waals surface area contributed by atoms with E-state index in [0.29, 0.717) is 6.42 Å². The van der Waals surface area contributed by atoms with E-state index in [1.165, 1.54) is 11.1 Å². The van der Waals surface area contributed by atoms with Gasteiger partial charge in [-0.2, -0.15) is 0 Å². The average molecular weight is 217 g/mol. The van der Waals surface area contributed by atoms with Crippen molar-refractivity contribution in [3.8, 4) is 0 Å². The summed E-state index contributed by atoms with van der Waals surface area (Å²) in [5.74, 6) is 0.213. The molecule has 0 amide bonds. The van der Waals surface area contributed by atoms with Crippen molar-refractivity contribution < 1.29 is 4.79 Å². The number of Topliss-reactive ketones (excluding diaryl/α,β-unsaturated/α-hetero) is 1. The zero-order chi connectivity index (χ0) is 11.8. The molecule has 2 nitrogen and oxygen atoms in total. The van der Waals surface area contributed by atoms with Crippen LogP contribution in [0.15, 0.2) is 24.3 Å². The molecule has 2 rings (SSSR count). The molecule has 2 unspecified atom stereocenters. The van der Waals surface area contributed by atoms with Gasteiger partial charge >= 0.3 is 0 Å². The van der Waals surface area contributed by atoms with Gasteiger partial charge in [0.25, 0.3) is 0 Å². The van der Waals surface area contributed by atoms with E-state index in [2.05, 4.69) is 38.1 Å². The number of aryl methyl sites for hydroxylation is 1. The van der Waals surface area contributed by atoms with Gasteiger partial charge in [0.1, 0.15) is 5.78 Å². The van der Waals surface area contributed by atoms with Crippen molar-refractivity contribution in [2.24, 2.45) is 5.73 Å². The Balaban J connectivity index is 2.25. The average Bonchev–Trinajstić information content (AvgIpc) is 2.25. The monoisotopic (exact) mass is 217 g/mol.